The van der Waals surface area contributed by atoms with Crippen molar-refractivity contribution in [1.82, 2.24) is 5.32 Å². The Morgan fingerprint density at radius 3 is 1.52 bits per heavy atom. The molecule has 1 aliphatic rings. The van der Waals surface area contributed by atoms with E-state index in [1.54, 1.807) is 0 Å². The minimum absolute atomic E-state index is 0.256. The predicted molar refractivity (Wildman–Crippen MR) is 96.0 cm³/mol. The number of hydrogen-bond donors (Lipinski definition) is 2. The van der Waals surface area contributed by atoms with Crippen molar-refractivity contribution in [1.29, 1.82) is 0 Å². The Hall–Kier alpha value is -2.42. The normalized spacial score (nSPS) is 15.9. The molecule has 2 nitrogen and oxygen atoms in total. The molecule has 0 spiro atoms. The Balaban J connectivity index is 1.88. The number of rotatable bonds is 3. The molecule has 0 atom stereocenters. The van der Waals surface area contributed by atoms with Gasteiger partial charge in [0.05, 0.1) is 5.54 Å². The second kappa shape index (κ2) is 5.65. The summed E-state index contributed by atoms with van der Waals surface area (Å²) in [5.74, 6) is 0. The molecule has 0 aliphatic carbocycles. The summed E-state index contributed by atoms with van der Waals surface area (Å²) >= 11 is 0. The summed E-state index contributed by atoms with van der Waals surface area (Å²) in [4.78, 5) is 0. The first-order chi connectivity index (χ1) is 11.2. The van der Waals surface area contributed by atoms with Crippen LogP contribution in [0.4, 0.5) is 0 Å². The second-order valence-corrected chi connectivity index (χ2v) is 6.29. The van der Waals surface area contributed by atoms with Crippen LogP contribution in [0.3, 0.4) is 0 Å². The van der Waals surface area contributed by atoms with E-state index in [2.05, 4.69) is 72.0 Å². The number of nitrogens with two attached hydrogens (primary N) is 1. The monoisotopic (exact) mass is 300 g/mol. The van der Waals surface area contributed by atoms with Crippen LogP contribution in [0.15, 0.2) is 78.9 Å². The topological polar surface area (TPSA) is 38.0 Å². The highest BCUT2D eigenvalue weighted by Crippen LogP contribution is 2.33. The maximum absolute atomic E-state index is 6.56. The summed E-state index contributed by atoms with van der Waals surface area (Å²) in [6, 6.07) is 27.7. The van der Waals surface area contributed by atoms with E-state index in [0.29, 0.717) is 0 Å². The van der Waals surface area contributed by atoms with Crippen molar-refractivity contribution in [3.63, 3.8) is 0 Å². The lowest BCUT2D eigenvalue weighted by molar-refractivity contribution is 0.287. The first-order valence-corrected chi connectivity index (χ1v) is 8.01. The standard InChI is InChI=1S/C21H20N2/c22-21(14-23-15-21)20-12-18(16-7-3-1-4-8-16)11-19(13-20)17-9-5-2-6-10-17/h1-13,23H,14-15,22H2. The van der Waals surface area contributed by atoms with Crippen molar-refractivity contribution in [3.05, 3.63) is 84.4 Å². The van der Waals surface area contributed by atoms with E-state index < -0.39 is 0 Å². The van der Waals surface area contributed by atoms with Gasteiger partial charge in [-0.2, -0.15) is 0 Å². The molecule has 4 rings (SSSR count). The Morgan fingerprint density at radius 2 is 1.13 bits per heavy atom. The van der Waals surface area contributed by atoms with Crippen LogP contribution in [0.25, 0.3) is 22.3 Å². The van der Waals surface area contributed by atoms with Crippen LogP contribution in [-0.2, 0) is 5.54 Å². The number of nitrogens with one attached hydrogen (secondary N) is 1. The molecule has 1 fully saturated rings. The van der Waals surface area contributed by atoms with Gasteiger partial charge in [-0.15, -0.1) is 0 Å². The fourth-order valence-electron chi connectivity index (χ4n) is 3.11. The zero-order valence-electron chi connectivity index (χ0n) is 13.0. The van der Waals surface area contributed by atoms with Gasteiger partial charge < -0.3 is 11.1 Å². The molecule has 114 valence electrons. The van der Waals surface area contributed by atoms with Gasteiger partial charge in [-0.1, -0.05) is 60.7 Å². The maximum Gasteiger partial charge on any atom is 0.0662 e. The van der Waals surface area contributed by atoms with Crippen molar-refractivity contribution >= 4 is 0 Å². The van der Waals surface area contributed by atoms with Gasteiger partial charge in [-0.3, -0.25) is 0 Å². The van der Waals surface area contributed by atoms with Crippen molar-refractivity contribution in [2.45, 2.75) is 5.54 Å². The van der Waals surface area contributed by atoms with Gasteiger partial charge in [-0.25, -0.2) is 0 Å². The maximum atomic E-state index is 6.56. The molecule has 3 N–H and O–H groups in total. The zero-order valence-corrected chi connectivity index (χ0v) is 13.0. The lowest BCUT2D eigenvalue weighted by Crippen LogP contribution is -2.62. The zero-order chi connectivity index (χ0) is 15.7. The summed E-state index contributed by atoms with van der Waals surface area (Å²) in [5.41, 5.74) is 12.4. The van der Waals surface area contributed by atoms with Crippen LogP contribution in [0.1, 0.15) is 5.56 Å². The van der Waals surface area contributed by atoms with Crippen molar-refractivity contribution in [3.8, 4) is 22.3 Å². The highest BCUT2D eigenvalue weighted by molar-refractivity contribution is 5.74. The van der Waals surface area contributed by atoms with E-state index in [1.807, 2.05) is 12.1 Å². The predicted octanol–water partition coefficient (Wildman–Crippen LogP) is 3.78. The Bertz CT molecular complexity index is 748. The van der Waals surface area contributed by atoms with Crippen LogP contribution >= 0.6 is 0 Å². The molecule has 0 bridgehead atoms. The van der Waals surface area contributed by atoms with E-state index >= 15 is 0 Å². The molecule has 0 radical (unpaired) electrons. The number of hydrogen-bond acceptors (Lipinski definition) is 2. The first kappa shape index (κ1) is 14.2. The van der Waals surface area contributed by atoms with Crippen molar-refractivity contribution in [2.75, 3.05) is 13.1 Å². The molecule has 2 heteroatoms. The van der Waals surface area contributed by atoms with E-state index in [-0.39, 0.29) is 5.54 Å². The van der Waals surface area contributed by atoms with Crippen LogP contribution in [0.5, 0.6) is 0 Å². The molecule has 1 heterocycles. The van der Waals surface area contributed by atoms with Gasteiger partial charge in [0.1, 0.15) is 0 Å². The molecule has 3 aromatic carbocycles. The highest BCUT2D eigenvalue weighted by Gasteiger charge is 2.34. The molecule has 1 aliphatic heterocycles. The third-order valence-electron chi connectivity index (χ3n) is 4.60. The molecule has 0 saturated carbocycles. The summed E-state index contributed by atoms with van der Waals surface area (Å²) in [5, 5.41) is 3.29. The SMILES string of the molecule is NC1(c2cc(-c3ccccc3)cc(-c3ccccc3)c2)CNC1. The van der Waals surface area contributed by atoms with Crippen molar-refractivity contribution < 1.29 is 0 Å². The molecular weight excluding hydrogens is 280 g/mol. The van der Waals surface area contributed by atoms with Gasteiger partial charge in [0.2, 0.25) is 0 Å². The fourth-order valence-corrected chi connectivity index (χ4v) is 3.11. The number of benzene rings is 3. The quantitative estimate of drug-likeness (QED) is 0.772. The molecule has 0 unspecified atom stereocenters. The third kappa shape index (κ3) is 2.67. The summed E-state index contributed by atoms with van der Waals surface area (Å²) in [6.07, 6.45) is 0. The van der Waals surface area contributed by atoms with Crippen LogP contribution < -0.4 is 11.1 Å². The third-order valence-corrected chi connectivity index (χ3v) is 4.60. The minimum Gasteiger partial charge on any atom is -0.319 e. The molecule has 1 saturated heterocycles. The lowest BCUT2D eigenvalue weighted by atomic mass is 9.82. The highest BCUT2D eigenvalue weighted by atomic mass is 15.1. The van der Waals surface area contributed by atoms with E-state index in [9.17, 15) is 0 Å². The molecule has 23 heavy (non-hydrogen) atoms. The van der Waals surface area contributed by atoms with Gasteiger partial charge in [0, 0.05) is 13.1 Å². The summed E-state index contributed by atoms with van der Waals surface area (Å²) in [7, 11) is 0. The average Bonchev–Trinajstić information content (AvgIpc) is 2.61. The van der Waals surface area contributed by atoms with Gasteiger partial charge in [0.25, 0.3) is 0 Å². The lowest BCUT2D eigenvalue weighted by Gasteiger charge is -2.40. The minimum atomic E-state index is -0.256. The molecule has 3 aromatic rings. The summed E-state index contributed by atoms with van der Waals surface area (Å²) < 4.78 is 0. The van der Waals surface area contributed by atoms with E-state index in [1.165, 1.54) is 27.8 Å². The Morgan fingerprint density at radius 1 is 0.652 bits per heavy atom. The van der Waals surface area contributed by atoms with E-state index in [0.717, 1.165) is 13.1 Å². The summed E-state index contributed by atoms with van der Waals surface area (Å²) in [6.45, 7) is 1.67. The smallest absolute Gasteiger partial charge is 0.0662 e. The Labute approximate surface area is 137 Å². The fraction of sp³-hybridized carbons (Fsp3) is 0.143. The molecular formula is C21H20N2. The molecule has 0 aromatic heterocycles. The van der Waals surface area contributed by atoms with Crippen LogP contribution in [0.2, 0.25) is 0 Å². The van der Waals surface area contributed by atoms with Crippen LogP contribution in [0, 0.1) is 0 Å². The Kier molecular flexibility index (Phi) is 3.49. The largest absolute Gasteiger partial charge is 0.319 e. The van der Waals surface area contributed by atoms with Crippen LogP contribution in [-0.4, -0.2) is 13.1 Å². The van der Waals surface area contributed by atoms with E-state index in [4.69, 9.17) is 5.73 Å². The van der Waals surface area contributed by atoms with Gasteiger partial charge in [0.15, 0.2) is 0 Å². The second-order valence-electron chi connectivity index (χ2n) is 6.29. The van der Waals surface area contributed by atoms with Crippen molar-refractivity contribution in [2.24, 2.45) is 5.73 Å². The molecule has 0 amide bonds. The average molecular weight is 300 g/mol. The van der Waals surface area contributed by atoms with Gasteiger partial charge in [-0.05, 0) is 46.0 Å². The van der Waals surface area contributed by atoms with Gasteiger partial charge >= 0.3 is 0 Å². The first-order valence-electron chi connectivity index (χ1n) is 8.01.